The molecule has 9 heteroatoms. The van der Waals surface area contributed by atoms with E-state index in [0.29, 0.717) is 17.8 Å². The summed E-state index contributed by atoms with van der Waals surface area (Å²) < 4.78 is 28.5. The minimum atomic E-state index is -3.60. The molecule has 1 saturated carbocycles. The van der Waals surface area contributed by atoms with Gasteiger partial charge in [0.15, 0.2) is 5.82 Å². The minimum absolute atomic E-state index is 0.0430. The maximum Gasteiger partial charge on any atom is 0.276 e. The average Bonchev–Trinajstić information content (AvgIpc) is 3.39. The fourth-order valence-electron chi connectivity index (χ4n) is 3.71. The first-order valence-corrected chi connectivity index (χ1v) is 11.0. The van der Waals surface area contributed by atoms with E-state index in [4.69, 9.17) is 0 Å². The monoisotopic (exact) mass is 413 g/mol. The van der Waals surface area contributed by atoms with Crippen molar-refractivity contribution in [2.24, 2.45) is 0 Å². The average molecular weight is 414 g/mol. The molecule has 0 bridgehead atoms. The van der Waals surface area contributed by atoms with E-state index in [2.05, 4.69) is 15.1 Å². The zero-order chi connectivity index (χ0) is 20.4. The van der Waals surface area contributed by atoms with Gasteiger partial charge in [0.1, 0.15) is 4.90 Å². The predicted molar refractivity (Wildman–Crippen MR) is 108 cm³/mol. The Morgan fingerprint density at radius 3 is 2.55 bits per heavy atom. The van der Waals surface area contributed by atoms with Gasteiger partial charge in [0.25, 0.3) is 5.56 Å². The Hall–Kier alpha value is -2.78. The molecule has 0 saturated heterocycles. The lowest BCUT2D eigenvalue weighted by molar-refractivity contribution is 0.373. The highest BCUT2D eigenvalue weighted by molar-refractivity contribution is 7.89. The molecule has 29 heavy (non-hydrogen) atoms. The van der Waals surface area contributed by atoms with Crippen LogP contribution in [0.15, 0.2) is 58.7 Å². The van der Waals surface area contributed by atoms with Crippen LogP contribution in [0.5, 0.6) is 0 Å². The Morgan fingerprint density at radius 2 is 1.90 bits per heavy atom. The van der Waals surface area contributed by atoms with Crippen LogP contribution < -0.4 is 5.56 Å². The van der Waals surface area contributed by atoms with Crippen LogP contribution >= 0.6 is 0 Å². The van der Waals surface area contributed by atoms with Crippen LogP contribution in [0.4, 0.5) is 0 Å². The van der Waals surface area contributed by atoms with Crippen molar-refractivity contribution in [3.63, 3.8) is 0 Å². The Morgan fingerprint density at radius 1 is 1.17 bits per heavy atom. The van der Waals surface area contributed by atoms with Crippen molar-refractivity contribution in [2.75, 3.05) is 7.05 Å². The number of nitrogens with zero attached hydrogens (tertiary/aromatic N) is 4. The number of nitrogens with one attached hydrogen (secondary N) is 1. The lowest BCUT2D eigenvalue weighted by atomic mass is 10.1. The van der Waals surface area contributed by atoms with Gasteiger partial charge in [-0.25, -0.2) is 18.1 Å². The Kier molecular flexibility index (Phi) is 5.33. The van der Waals surface area contributed by atoms with Crippen molar-refractivity contribution in [1.82, 2.24) is 24.1 Å². The van der Waals surface area contributed by atoms with E-state index in [1.807, 2.05) is 12.1 Å². The van der Waals surface area contributed by atoms with Gasteiger partial charge in [-0.2, -0.15) is 4.31 Å². The fraction of sp³-hybridized carbons (Fsp3) is 0.350. The topological polar surface area (TPSA) is 101 Å². The van der Waals surface area contributed by atoms with Crippen LogP contribution in [0.1, 0.15) is 36.8 Å². The molecule has 0 aromatic carbocycles. The zero-order valence-corrected chi connectivity index (χ0v) is 17.0. The van der Waals surface area contributed by atoms with Gasteiger partial charge >= 0.3 is 0 Å². The Balaban J connectivity index is 1.56. The van der Waals surface area contributed by atoms with E-state index in [0.717, 1.165) is 31.2 Å². The third-order valence-corrected chi connectivity index (χ3v) is 7.35. The smallest absolute Gasteiger partial charge is 0.276 e. The third kappa shape index (κ3) is 3.88. The molecule has 3 heterocycles. The van der Waals surface area contributed by atoms with Gasteiger partial charge in [-0.05, 0) is 42.7 Å². The number of hydrogen-bond acceptors (Lipinski definition) is 5. The minimum Gasteiger partial charge on any atom is -0.296 e. The quantitative estimate of drug-likeness (QED) is 0.667. The molecule has 0 amide bonds. The largest absolute Gasteiger partial charge is 0.296 e. The third-order valence-electron chi connectivity index (χ3n) is 5.46. The summed E-state index contributed by atoms with van der Waals surface area (Å²) in [4.78, 5) is 21.0. The molecule has 1 aliphatic carbocycles. The van der Waals surface area contributed by atoms with Gasteiger partial charge in [0.05, 0.1) is 0 Å². The first-order valence-electron chi connectivity index (χ1n) is 9.59. The van der Waals surface area contributed by atoms with Gasteiger partial charge in [0.2, 0.25) is 10.0 Å². The fourth-order valence-corrected chi connectivity index (χ4v) is 5.07. The summed E-state index contributed by atoms with van der Waals surface area (Å²) in [6, 6.07) is 6.80. The van der Waals surface area contributed by atoms with Crippen molar-refractivity contribution in [1.29, 1.82) is 0 Å². The van der Waals surface area contributed by atoms with Crippen LogP contribution in [0.25, 0.3) is 5.82 Å². The van der Waals surface area contributed by atoms with E-state index >= 15 is 0 Å². The van der Waals surface area contributed by atoms with E-state index in [-0.39, 0.29) is 16.5 Å². The van der Waals surface area contributed by atoms with Crippen molar-refractivity contribution in [2.45, 2.75) is 43.0 Å². The molecular weight excluding hydrogens is 390 g/mol. The standard InChI is InChI=1S/C20H23N5O3S/c1-24(17-4-2-3-5-17)29(27,28)18-6-7-19(22-14-18)25-20(26)16(13-23-25)12-15-8-10-21-11-9-15/h6-11,13-14,17,23H,2-5,12H2,1H3. The Labute approximate surface area is 169 Å². The molecule has 3 aromatic rings. The summed E-state index contributed by atoms with van der Waals surface area (Å²) in [7, 11) is -1.97. The van der Waals surface area contributed by atoms with Gasteiger partial charge < -0.3 is 0 Å². The second-order valence-electron chi connectivity index (χ2n) is 7.28. The molecule has 0 radical (unpaired) electrons. The number of rotatable bonds is 6. The zero-order valence-electron chi connectivity index (χ0n) is 16.2. The number of aromatic nitrogens is 4. The molecule has 8 nitrogen and oxygen atoms in total. The lowest BCUT2D eigenvalue weighted by Crippen LogP contribution is -2.35. The predicted octanol–water partition coefficient (Wildman–Crippen LogP) is 2.11. The molecule has 1 N–H and O–H groups in total. The second-order valence-corrected chi connectivity index (χ2v) is 9.28. The van der Waals surface area contributed by atoms with Gasteiger partial charge in [0, 0.05) is 49.9 Å². The summed E-state index contributed by atoms with van der Waals surface area (Å²) in [6.07, 6.45) is 10.7. The summed E-state index contributed by atoms with van der Waals surface area (Å²) in [5.74, 6) is 0.346. The maximum absolute atomic E-state index is 12.8. The summed E-state index contributed by atoms with van der Waals surface area (Å²) >= 11 is 0. The van der Waals surface area contributed by atoms with Crippen LogP contribution in [-0.2, 0) is 16.4 Å². The van der Waals surface area contributed by atoms with Crippen LogP contribution in [-0.4, -0.2) is 45.6 Å². The van der Waals surface area contributed by atoms with E-state index in [1.54, 1.807) is 31.7 Å². The summed E-state index contributed by atoms with van der Waals surface area (Å²) in [5.41, 5.74) is 1.36. The van der Waals surface area contributed by atoms with Crippen molar-refractivity contribution in [3.05, 3.63) is 70.5 Å². The number of aromatic amines is 1. The molecule has 1 fully saturated rings. The van der Waals surface area contributed by atoms with E-state index < -0.39 is 10.0 Å². The van der Waals surface area contributed by atoms with Crippen molar-refractivity contribution >= 4 is 10.0 Å². The highest BCUT2D eigenvalue weighted by Gasteiger charge is 2.30. The molecule has 4 rings (SSSR count). The molecule has 3 aromatic heterocycles. The molecule has 152 valence electrons. The molecule has 0 unspecified atom stereocenters. The van der Waals surface area contributed by atoms with E-state index in [9.17, 15) is 13.2 Å². The molecular formula is C20H23N5O3S. The molecule has 0 aliphatic heterocycles. The van der Waals surface area contributed by atoms with Gasteiger partial charge in [-0.1, -0.05) is 12.8 Å². The molecule has 1 aliphatic rings. The lowest BCUT2D eigenvalue weighted by Gasteiger charge is -2.23. The van der Waals surface area contributed by atoms with E-state index in [1.165, 1.54) is 21.3 Å². The van der Waals surface area contributed by atoms with Crippen LogP contribution in [0.2, 0.25) is 0 Å². The molecule has 0 atom stereocenters. The number of pyridine rings is 2. The summed E-state index contributed by atoms with van der Waals surface area (Å²) in [6.45, 7) is 0. The van der Waals surface area contributed by atoms with Crippen molar-refractivity contribution < 1.29 is 8.42 Å². The highest BCUT2D eigenvalue weighted by atomic mass is 32.2. The van der Waals surface area contributed by atoms with Gasteiger partial charge in [-0.15, -0.1) is 0 Å². The maximum atomic E-state index is 12.8. The molecule has 0 spiro atoms. The first kappa shape index (κ1) is 19.5. The van der Waals surface area contributed by atoms with Crippen LogP contribution in [0.3, 0.4) is 0 Å². The first-order chi connectivity index (χ1) is 14.0. The highest BCUT2D eigenvalue weighted by Crippen LogP contribution is 2.27. The Bertz CT molecular complexity index is 1130. The normalized spacial score (nSPS) is 15.2. The summed E-state index contributed by atoms with van der Waals surface area (Å²) in [5, 5.41) is 2.90. The number of hydrogen-bond donors (Lipinski definition) is 1. The number of sulfonamides is 1. The number of H-pyrrole nitrogens is 1. The van der Waals surface area contributed by atoms with Gasteiger partial charge in [-0.3, -0.25) is 14.9 Å². The second kappa shape index (κ2) is 7.92. The van der Waals surface area contributed by atoms with Crippen molar-refractivity contribution in [3.8, 4) is 5.82 Å². The van der Waals surface area contributed by atoms with Crippen LogP contribution in [0, 0.1) is 0 Å². The SMILES string of the molecule is CN(C1CCCC1)S(=O)(=O)c1ccc(-n2[nH]cc(Cc3ccncc3)c2=O)nc1.